The zero-order chi connectivity index (χ0) is 19.6. The highest BCUT2D eigenvalue weighted by Gasteiger charge is 2.53. The lowest BCUT2D eigenvalue weighted by Gasteiger charge is -2.27. The molecule has 146 valence electrons. The molecule has 28 heavy (non-hydrogen) atoms. The summed E-state index contributed by atoms with van der Waals surface area (Å²) in [5.74, 6) is -0.640. The molecule has 1 saturated heterocycles. The van der Waals surface area contributed by atoms with Crippen LogP contribution in [-0.4, -0.2) is 35.8 Å². The molecule has 1 aromatic heterocycles. The molecule has 2 N–H and O–H groups in total. The van der Waals surface area contributed by atoms with Crippen molar-refractivity contribution in [3.05, 3.63) is 57.8 Å². The molecule has 2 aromatic rings. The van der Waals surface area contributed by atoms with E-state index in [1.54, 1.807) is 11.3 Å². The largest absolute Gasteiger partial charge is 0.354 e. The monoisotopic (exact) mass is 397 g/mol. The lowest BCUT2D eigenvalue weighted by Crippen LogP contribution is -2.45. The van der Waals surface area contributed by atoms with E-state index in [4.69, 9.17) is 0 Å². The molecular formula is C21H23N3O3S. The quantitative estimate of drug-likeness (QED) is 0.761. The predicted octanol–water partition coefficient (Wildman–Crippen LogP) is 2.58. The van der Waals surface area contributed by atoms with E-state index in [0.717, 1.165) is 41.7 Å². The number of nitrogens with one attached hydrogen (secondary N) is 2. The van der Waals surface area contributed by atoms with Gasteiger partial charge in [-0.25, -0.2) is 4.79 Å². The number of amides is 4. The fraction of sp³-hybridized carbons (Fsp3) is 0.381. The molecule has 0 unspecified atom stereocenters. The first-order valence-electron chi connectivity index (χ1n) is 9.62. The number of urea groups is 1. The highest BCUT2D eigenvalue weighted by Crippen LogP contribution is 2.38. The van der Waals surface area contributed by atoms with Crippen LogP contribution in [0.1, 0.15) is 35.3 Å². The third kappa shape index (κ3) is 3.42. The summed E-state index contributed by atoms with van der Waals surface area (Å²) in [6.07, 6.45) is 4.02. The van der Waals surface area contributed by atoms with Gasteiger partial charge < -0.3 is 10.6 Å². The fourth-order valence-corrected chi connectivity index (χ4v) is 4.81. The van der Waals surface area contributed by atoms with Crippen LogP contribution < -0.4 is 10.6 Å². The Hall–Kier alpha value is -2.67. The van der Waals surface area contributed by atoms with Crippen LogP contribution in [0.5, 0.6) is 0 Å². The van der Waals surface area contributed by atoms with Gasteiger partial charge in [0.1, 0.15) is 12.1 Å². The minimum atomic E-state index is -1.04. The van der Waals surface area contributed by atoms with Gasteiger partial charge in [0, 0.05) is 11.4 Å². The van der Waals surface area contributed by atoms with Crippen molar-refractivity contribution in [1.29, 1.82) is 0 Å². The van der Waals surface area contributed by atoms with E-state index in [-0.39, 0.29) is 18.4 Å². The molecule has 1 atom stereocenters. The molecule has 4 rings (SSSR count). The molecule has 2 heterocycles. The van der Waals surface area contributed by atoms with Gasteiger partial charge in [-0.2, -0.15) is 0 Å². The van der Waals surface area contributed by atoms with Gasteiger partial charge in [-0.3, -0.25) is 14.5 Å². The number of thiophene rings is 1. The van der Waals surface area contributed by atoms with Crippen LogP contribution in [0, 0.1) is 0 Å². The Bertz CT molecular complexity index is 896. The van der Waals surface area contributed by atoms with E-state index in [2.05, 4.69) is 10.6 Å². The molecular weight excluding hydrogens is 374 g/mol. The SMILES string of the molecule is O=C(CN1C(=O)N[C@@]2(CCCCc3ccccc32)C1=O)NCCc1cccs1. The van der Waals surface area contributed by atoms with Gasteiger partial charge in [0.05, 0.1) is 0 Å². The van der Waals surface area contributed by atoms with Crippen LogP contribution in [0.25, 0.3) is 0 Å². The molecule has 0 saturated carbocycles. The lowest BCUT2D eigenvalue weighted by atomic mass is 9.84. The average Bonchev–Trinajstić information content (AvgIpc) is 3.23. The summed E-state index contributed by atoms with van der Waals surface area (Å²) in [7, 11) is 0. The first-order chi connectivity index (χ1) is 13.6. The molecule has 6 nitrogen and oxygen atoms in total. The molecule has 0 radical (unpaired) electrons. The summed E-state index contributed by atoms with van der Waals surface area (Å²) in [5, 5.41) is 7.71. The van der Waals surface area contributed by atoms with E-state index in [1.807, 2.05) is 41.8 Å². The van der Waals surface area contributed by atoms with E-state index >= 15 is 0 Å². The topological polar surface area (TPSA) is 78.5 Å². The van der Waals surface area contributed by atoms with Crippen molar-refractivity contribution in [2.45, 2.75) is 37.6 Å². The molecule has 1 spiro atoms. The van der Waals surface area contributed by atoms with Gasteiger partial charge in [-0.05, 0) is 54.7 Å². The molecule has 0 bridgehead atoms. The summed E-state index contributed by atoms with van der Waals surface area (Å²) < 4.78 is 0. The molecule has 2 aliphatic rings. The summed E-state index contributed by atoms with van der Waals surface area (Å²) in [6.45, 7) is 0.232. The lowest BCUT2D eigenvalue weighted by molar-refractivity contribution is -0.135. The maximum absolute atomic E-state index is 13.3. The third-order valence-electron chi connectivity index (χ3n) is 5.48. The van der Waals surface area contributed by atoms with Crippen LogP contribution in [0.4, 0.5) is 4.79 Å². The Morgan fingerprint density at radius 2 is 2.04 bits per heavy atom. The first-order valence-corrected chi connectivity index (χ1v) is 10.5. The number of rotatable bonds is 5. The van der Waals surface area contributed by atoms with E-state index in [9.17, 15) is 14.4 Å². The van der Waals surface area contributed by atoms with Crippen molar-refractivity contribution in [3.63, 3.8) is 0 Å². The van der Waals surface area contributed by atoms with Crippen LogP contribution in [0.15, 0.2) is 41.8 Å². The number of carbonyl (C=O) groups excluding carboxylic acids is 3. The van der Waals surface area contributed by atoms with Crippen molar-refractivity contribution in [2.24, 2.45) is 0 Å². The number of nitrogens with zero attached hydrogens (tertiary/aromatic N) is 1. The number of imide groups is 1. The number of benzene rings is 1. The standard InChI is InChI=1S/C21H23N3O3S/c25-18(22-12-10-16-8-5-13-28-16)14-24-19(26)21(23-20(24)27)11-4-3-7-15-6-1-2-9-17(15)21/h1-2,5-6,8-9,13H,3-4,7,10-12,14H2,(H,22,25)(H,23,27)/t21-/m1/s1. The normalized spacial score (nSPS) is 21.4. The molecule has 1 fully saturated rings. The van der Waals surface area contributed by atoms with E-state index in [0.29, 0.717) is 13.0 Å². The second-order valence-electron chi connectivity index (χ2n) is 7.27. The first kappa shape index (κ1) is 18.7. The Morgan fingerprint density at radius 3 is 2.86 bits per heavy atom. The number of fused-ring (bicyclic) bond motifs is 2. The van der Waals surface area contributed by atoms with Crippen LogP contribution in [0.2, 0.25) is 0 Å². The predicted molar refractivity (Wildman–Crippen MR) is 107 cm³/mol. The number of hydrogen-bond donors (Lipinski definition) is 2. The van der Waals surface area contributed by atoms with Gasteiger partial charge >= 0.3 is 6.03 Å². The maximum atomic E-state index is 13.3. The van der Waals surface area contributed by atoms with Crippen molar-refractivity contribution in [2.75, 3.05) is 13.1 Å². The number of carbonyl (C=O) groups is 3. The summed E-state index contributed by atoms with van der Waals surface area (Å²) in [4.78, 5) is 40.4. The van der Waals surface area contributed by atoms with Crippen LogP contribution in [-0.2, 0) is 28.0 Å². The van der Waals surface area contributed by atoms with Gasteiger partial charge in [-0.1, -0.05) is 30.3 Å². The zero-order valence-corrected chi connectivity index (χ0v) is 16.4. The second kappa shape index (κ2) is 7.75. The van der Waals surface area contributed by atoms with Crippen molar-refractivity contribution < 1.29 is 14.4 Å². The molecule has 4 amide bonds. The van der Waals surface area contributed by atoms with Gasteiger partial charge in [0.25, 0.3) is 5.91 Å². The fourth-order valence-electron chi connectivity index (χ4n) is 4.10. The van der Waals surface area contributed by atoms with Gasteiger partial charge in [0.2, 0.25) is 5.91 Å². The van der Waals surface area contributed by atoms with E-state index < -0.39 is 11.6 Å². The Balaban J connectivity index is 1.46. The second-order valence-corrected chi connectivity index (χ2v) is 8.30. The Morgan fingerprint density at radius 1 is 1.18 bits per heavy atom. The third-order valence-corrected chi connectivity index (χ3v) is 6.41. The average molecular weight is 398 g/mol. The summed E-state index contributed by atoms with van der Waals surface area (Å²) >= 11 is 1.64. The molecule has 1 aliphatic heterocycles. The molecule has 1 aromatic carbocycles. The molecule has 7 heteroatoms. The highest BCUT2D eigenvalue weighted by atomic mass is 32.1. The highest BCUT2D eigenvalue weighted by molar-refractivity contribution is 7.09. The minimum absolute atomic E-state index is 0.251. The number of aryl methyl sites for hydroxylation is 1. The van der Waals surface area contributed by atoms with E-state index in [1.165, 1.54) is 4.88 Å². The smallest absolute Gasteiger partial charge is 0.325 e. The Kier molecular flexibility index (Phi) is 5.17. The van der Waals surface area contributed by atoms with Crippen molar-refractivity contribution in [1.82, 2.24) is 15.5 Å². The summed E-state index contributed by atoms with van der Waals surface area (Å²) in [6, 6.07) is 11.3. The molecule has 1 aliphatic carbocycles. The maximum Gasteiger partial charge on any atom is 0.325 e. The van der Waals surface area contributed by atoms with Gasteiger partial charge in [0.15, 0.2) is 0 Å². The van der Waals surface area contributed by atoms with Crippen LogP contribution in [0.3, 0.4) is 0 Å². The number of hydrogen-bond acceptors (Lipinski definition) is 4. The van der Waals surface area contributed by atoms with Crippen LogP contribution >= 0.6 is 11.3 Å². The minimum Gasteiger partial charge on any atom is -0.354 e. The van der Waals surface area contributed by atoms with Gasteiger partial charge in [-0.15, -0.1) is 11.3 Å². The summed E-state index contributed by atoms with van der Waals surface area (Å²) in [5.41, 5.74) is 0.920. The Labute approximate surface area is 167 Å². The van der Waals surface area contributed by atoms with Crippen molar-refractivity contribution in [3.8, 4) is 0 Å². The zero-order valence-electron chi connectivity index (χ0n) is 15.6. The van der Waals surface area contributed by atoms with Crippen molar-refractivity contribution >= 4 is 29.2 Å².